The van der Waals surface area contributed by atoms with Crippen molar-refractivity contribution in [2.45, 2.75) is 76.7 Å². The van der Waals surface area contributed by atoms with Crippen LogP contribution >= 0.6 is 73.2 Å². The average molecular weight is 881 g/mol. The molecule has 0 amide bonds. The second-order valence-electron chi connectivity index (χ2n) is 13.0. The first-order valence-electron chi connectivity index (χ1n) is 17.7. The van der Waals surface area contributed by atoms with Gasteiger partial charge < -0.3 is 33.2 Å². The van der Waals surface area contributed by atoms with Crippen molar-refractivity contribution in [2.75, 3.05) is 93.6 Å². The Morgan fingerprint density at radius 2 is 0.704 bits per heavy atom. The van der Waals surface area contributed by atoms with Crippen molar-refractivity contribution in [3.05, 3.63) is 0 Å². The monoisotopic (exact) mass is 880 g/mol. The lowest BCUT2D eigenvalue weighted by molar-refractivity contribution is -0.174. The largest absolute Gasteiger partial charge is 0.465 e. The van der Waals surface area contributed by atoms with E-state index in [0.717, 1.165) is 0 Å². The van der Waals surface area contributed by atoms with Gasteiger partial charge in [0.2, 0.25) is 0 Å². The Kier molecular flexibility index (Phi) is 31.2. The van der Waals surface area contributed by atoms with Crippen LogP contribution in [0.1, 0.15) is 66.2 Å². The minimum atomic E-state index is -1.40. The van der Waals surface area contributed by atoms with Crippen LogP contribution in [-0.4, -0.2) is 140 Å². The highest BCUT2D eigenvalue weighted by molar-refractivity contribution is 8.00. The first-order chi connectivity index (χ1) is 25.6. The first-order valence-corrected chi connectivity index (χ1v) is 23.1. The maximum Gasteiger partial charge on any atom is 0.306 e. The molecule has 0 fully saturated rings. The van der Waals surface area contributed by atoms with E-state index in [-0.39, 0.29) is 109 Å². The number of thioether (sulfide) groups is 3. The summed E-state index contributed by atoms with van der Waals surface area (Å²) in [6.07, 6.45) is 2.19. The van der Waals surface area contributed by atoms with Crippen molar-refractivity contribution in [1.29, 1.82) is 0 Å². The van der Waals surface area contributed by atoms with Gasteiger partial charge in [-0.3, -0.25) is 28.8 Å². The number of carbonyl (C=O) groups is 6. The van der Waals surface area contributed by atoms with Crippen LogP contribution in [0.25, 0.3) is 0 Å². The van der Waals surface area contributed by atoms with Gasteiger partial charge in [-0.25, -0.2) is 0 Å². The van der Waals surface area contributed by atoms with Crippen LogP contribution in [0.4, 0.5) is 0 Å². The maximum atomic E-state index is 12.8. The number of ether oxygens (including phenoxy) is 7. The quantitative estimate of drug-likeness (QED) is 0.0457. The summed E-state index contributed by atoms with van der Waals surface area (Å²) < 4.78 is 39.8. The number of carbonyl (C=O) groups excluding carboxylic acids is 6. The standard InChI is InChI=1S/C35H60O13S6/c1-26(2)53-16-10-32(40)47-24-34(20-43-28(36)6-12-49,21-44-29(37)7-13-50)18-42-19-35(22-45-30(38)8-14-51,23-46-31(39)9-15-52-5)25-48-33(41)11-17-54-27(3)4/h26-27,49-51H,6-25H2,1-5H3. The van der Waals surface area contributed by atoms with Crippen molar-refractivity contribution in [3.63, 3.8) is 0 Å². The van der Waals surface area contributed by atoms with Gasteiger partial charge in [0.15, 0.2) is 0 Å². The molecule has 1 atom stereocenters. The average Bonchev–Trinajstić information content (AvgIpc) is 3.11. The lowest BCUT2D eigenvalue weighted by atomic mass is 9.90. The van der Waals surface area contributed by atoms with Crippen LogP contribution < -0.4 is 0 Å². The van der Waals surface area contributed by atoms with Gasteiger partial charge in [-0.15, -0.1) is 0 Å². The molecule has 0 heterocycles. The summed E-state index contributed by atoms with van der Waals surface area (Å²) in [5, 5.41) is 0.619. The topological polar surface area (TPSA) is 167 Å². The third-order valence-electron chi connectivity index (χ3n) is 7.03. The van der Waals surface area contributed by atoms with E-state index in [4.69, 9.17) is 33.2 Å². The van der Waals surface area contributed by atoms with E-state index >= 15 is 0 Å². The van der Waals surface area contributed by atoms with Crippen LogP contribution in [0.15, 0.2) is 0 Å². The summed E-state index contributed by atoms with van der Waals surface area (Å²) in [5.41, 5.74) is -2.78. The van der Waals surface area contributed by atoms with Gasteiger partial charge in [0.05, 0.1) is 62.6 Å². The molecule has 13 nitrogen and oxygen atoms in total. The van der Waals surface area contributed by atoms with Crippen molar-refractivity contribution >= 4 is 109 Å². The predicted molar refractivity (Wildman–Crippen MR) is 224 cm³/mol. The van der Waals surface area contributed by atoms with E-state index in [1.54, 1.807) is 23.5 Å². The lowest BCUT2D eigenvalue weighted by Gasteiger charge is -2.35. The van der Waals surface area contributed by atoms with Crippen LogP contribution in [0.3, 0.4) is 0 Å². The van der Waals surface area contributed by atoms with Gasteiger partial charge in [0.1, 0.15) is 39.6 Å². The summed E-state index contributed by atoms with van der Waals surface area (Å²) in [5.74, 6) is -1.05. The summed E-state index contributed by atoms with van der Waals surface area (Å²) in [6.45, 7) is 5.32. The lowest BCUT2D eigenvalue weighted by Crippen LogP contribution is -2.47. The molecule has 0 aliphatic heterocycles. The molecule has 0 aliphatic carbocycles. The van der Waals surface area contributed by atoms with E-state index in [1.807, 2.05) is 34.0 Å². The Hall–Kier alpha value is -1.12. The highest BCUT2D eigenvalue weighted by Gasteiger charge is 2.41. The minimum absolute atomic E-state index is 0.000764. The van der Waals surface area contributed by atoms with E-state index in [2.05, 4.69) is 37.9 Å². The Labute approximate surface area is 350 Å². The van der Waals surface area contributed by atoms with E-state index in [1.165, 1.54) is 11.8 Å². The molecular weight excluding hydrogens is 821 g/mol. The molecule has 0 radical (unpaired) electrons. The molecule has 0 aromatic rings. The van der Waals surface area contributed by atoms with E-state index < -0.39 is 46.6 Å². The third-order valence-corrected chi connectivity index (χ3v) is 10.5. The molecule has 0 saturated heterocycles. The first kappa shape index (κ1) is 52.9. The van der Waals surface area contributed by atoms with Crippen LogP contribution in [0.5, 0.6) is 0 Å². The Balaban J connectivity index is 6.60. The molecule has 0 saturated carbocycles. The van der Waals surface area contributed by atoms with Gasteiger partial charge in [0, 0.05) is 34.5 Å². The number of esters is 6. The summed E-state index contributed by atoms with van der Waals surface area (Å²) in [6, 6.07) is 0. The Morgan fingerprint density at radius 1 is 0.444 bits per heavy atom. The molecule has 0 aliphatic rings. The van der Waals surface area contributed by atoms with E-state index in [0.29, 0.717) is 27.8 Å². The van der Waals surface area contributed by atoms with Crippen LogP contribution in [-0.2, 0) is 61.9 Å². The summed E-state index contributed by atoms with van der Waals surface area (Å²) >= 11 is 16.9. The van der Waals surface area contributed by atoms with Crippen LogP contribution in [0, 0.1) is 10.8 Å². The van der Waals surface area contributed by atoms with Gasteiger partial charge in [-0.05, 0) is 16.8 Å². The fraction of sp³-hybridized carbons (Fsp3) is 0.829. The third kappa shape index (κ3) is 27.5. The smallest absolute Gasteiger partial charge is 0.306 e. The zero-order valence-corrected chi connectivity index (χ0v) is 37.3. The molecule has 0 N–H and O–H groups in total. The number of rotatable bonds is 33. The second kappa shape index (κ2) is 31.9. The maximum absolute atomic E-state index is 12.8. The highest BCUT2D eigenvalue weighted by atomic mass is 32.2. The zero-order chi connectivity index (χ0) is 40.8. The molecular formula is C35H60O13S6. The molecule has 0 bridgehead atoms. The molecule has 0 aromatic carbocycles. The van der Waals surface area contributed by atoms with Gasteiger partial charge in [-0.2, -0.15) is 73.2 Å². The predicted octanol–water partition coefficient (Wildman–Crippen LogP) is 5.01. The van der Waals surface area contributed by atoms with Gasteiger partial charge >= 0.3 is 35.8 Å². The van der Waals surface area contributed by atoms with Crippen LogP contribution in [0.2, 0.25) is 0 Å². The fourth-order valence-electron chi connectivity index (χ4n) is 4.03. The van der Waals surface area contributed by atoms with Gasteiger partial charge in [0.25, 0.3) is 0 Å². The van der Waals surface area contributed by atoms with Crippen molar-refractivity contribution in [2.24, 2.45) is 10.8 Å². The molecule has 0 spiro atoms. The SMILES string of the molecule is CSCCC(=O)OCC(COCC(COC(=O)CCS)(COC(=O)CCS)COC(=O)CCSC(C)C)(COC(=O)CCS)COC(=O)CCSC(C)C. The summed E-state index contributed by atoms with van der Waals surface area (Å²) in [7, 11) is 0. The minimum Gasteiger partial charge on any atom is -0.465 e. The molecule has 0 rings (SSSR count). The number of hydrogen-bond acceptors (Lipinski definition) is 19. The number of hydrogen-bond donors (Lipinski definition) is 3. The Morgan fingerprint density at radius 3 is 0.944 bits per heavy atom. The number of thiol groups is 3. The van der Waals surface area contributed by atoms with Crippen molar-refractivity contribution < 1.29 is 61.9 Å². The van der Waals surface area contributed by atoms with Gasteiger partial charge in [-0.1, -0.05) is 27.7 Å². The molecule has 54 heavy (non-hydrogen) atoms. The summed E-state index contributed by atoms with van der Waals surface area (Å²) in [4.78, 5) is 75.8. The molecule has 0 aromatic heterocycles. The molecule has 19 heteroatoms. The second-order valence-corrected chi connectivity index (χ2v) is 18.7. The van der Waals surface area contributed by atoms with E-state index in [9.17, 15) is 28.8 Å². The van der Waals surface area contributed by atoms with Crippen molar-refractivity contribution in [3.8, 4) is 0 Å². The molecule has 1 unspecified atom stereocenters. The van der Waals surface area contributed by atoms with Crippen molar-refractivity contribution in [1.82, 2.24) is 0 Å². The fourth-order valence-corrected chi connectivity index (χ4v) is 6.46. The normalized spacial score (nSPS) is 12.6. The highest BCUT2D eigenvalue weighted by Crippen LogP contribution is 2.27. The Bertz CT molecular complexity index is 1090. The molecule has 314 valence electrons. The zero-order valence-electron chi connectivity index (χ0n) is 32.2.